The second-order valence-electron chi connectivity index (χ2n) is 7.74. The Labute approximate surface area is 155 Å². The van der Waals surface area contributed by atoms with Crippen LogP contribution in [0.5, 0.6) is 0 Å². The van der Waals surface area contributed by atoms with Crippen LogP contribution in [0.2, 0.25) is 0 Å². The van der Waals surface area contributed by atoms with Crippen LogP contribution < -0.4 is 10.2 Å². The molecule has 2 heterocycles. The number of sulfonamides is 1. The number of carbonyl (C=O) groups is 1. The number of amides is 1. The maximum Gasteiger partial charge on any atom is 0.243 e. The Balaban J connectivity index is 1.45. The molecule has 1 saturated carbocycles. The van der Waals surface area contributed by atoms with Gasteiger partial charge < -0.3 is 10.2 Å². The Bertz CT molecular complexity index is 796. The third-order valence-electron chi connectivity index (χ3n) is 5.82. The van der Waals surface area contributed by atoms with Crippen molar-refractivity contribution in [2.45, 2.75) is 50.0 Å². The standard InChI is InChI=1S/C19H27N3O3S/c1-14(23)22-11-6-16-4-5-18(12-19(16)22)26(24,25)21-9-7-17(8-10-21)20-13-15-2-3-15/h4-5,12,15,17,20H,2-3,6-11,13H2,1H3. The predicted molar refractivity (Wildman–Crippen MR) is 101 cm³/mol. The van der Waals surface area contributed by atoms with Gasteiger partial charge in [-0.2, -0.15) is 4.31 Å². The zero-order valence-corrected chi connectivity index (χ0v) is 16.1. The summed E-state index contributed by atoms with van der Waals surface area (Å²) >= 11 is 0. The fraction of sp³-hybridized carbons (Fsp3) is 0.632. The summed E-state index contributed by atoms with van der Waals surface area (Å²) in [6.45, 7) is 4.33. The number of hydrogen-bond acceptors (Lipinski definition) is 4. The molecule has 26 heavy (non-hydrogen) atoms. The average molecular weight is 378 g/mol. The van der Waals surface area contributed by atoms with Crippen LogP contribution in [0.1, 0.15) is 38.2 Å². The molecule has 7 heteroatoms. The number of carbonyl (C=O) groups excluding carboxylic acids is 1. The molecule has 0 radical (unpaired) electrons. The van der Waals surface area contributed by atoms with Crippen molar-refractivity contribution >= 4 is 21.6 Å². The molecule has 0 atom stereocenters. The maximum atomic E-state index is 13.0. The summed E-state index contributed by atoms with van der Waals surface area (Å²) in [5.74, 6) is 0.799. The summed E-state index contributed by atoms with van der Waals surface area (Å²) in [6.07, 6.45) is 5.16. The van der Waals surface area contributed by atoms with Crippen LogP contribution in [0.3, 0.4) is 0 Å². The van der Waals surface area contributed by atoms with Gasteiger partial charge in [-0.1, -0.05) is 6.07 Å². The largest absolute Gasteiger partial charge is 0.314 e. The molecule has 1 amide bonds. The van der Waals surface area contributed by atoms with Gasteiger partial charge in [-0.3, -0.25) is 4.79 Å². The van der Waals surface area contributed by atoms with Gasteiger partial charge in [0.05, 0.1) is 4.90 Å². The van der Waals surface area contributed by atoms with Gasteiger partial charge >= 0.3 is 0 Å². The van der Waals surface area contributed by atoms with Crippen molar-refractivity contribution < 1.29 is 13.2 Å². The molecule has 2 aliphatic heterocycles. The number of fused-ring (bicyclic) bond motifs is 1. The van der Waals surface area contributed by atoms with E-state index in [0.717, 1.165) is 43.0 Å². The molecule has 0 aromatic heterocycles. The van der Waals surface area contributed by atoms with Gasteiger partial charge in [0.15, 0.2) is 0 Å². The summed E-state index contributed by atoms with van der Waals surface area (Å²) in [5, 5.41) is 3.58. The lowest BCUT2D eigenvalue weighted by Crippen LogP contribution is -2.45. The summed E-state index contributed by atoms with van der Waals surface area (Å²) in [5.41, 5.74) is 1.79. The molecule has 1 aromatic rings. The van der Waals surface area contributed by atoms with Crippen LogP contribution in [0.15, 0.2) is 23.1 Å². The van der Waals surface area contributed by atoms with Gasteiger partial charge in [0.25, 0.3) is 0 Å². The number of rotatable bonds is 5. The number of nitrogens with zero attached hydrogens (tertiary/aromatic N) is 2. The molecule has 4 rings (SSSR count). The van der Waals surface area contributed by atoms with Crippen molar-refractivity contribution in [2.75, 3.05) is 31.1 Å². The predicted octanol–water partition coefficient (Wildman–Crippen LogP) is 1.75. The molecule has 3 aliphatic rings. The van der Waals surface area contributed by atoms with E-state index >= 15 is 0 Å². The molecule has 0 spiro atoms. The van der Waals surface area contributed by atoms with E-state index in [-0.39, 0.29) is 5.91 Å². The zero-order valence-electron chi connectivity index (χ0n) is 15.3. The lowest BCUT2D eigenvalue weighted by Gasteiger charge is -2.32. The van der Waals surface area contributed by atoms with E-state index < -0.39 is 10.0 Å². The molecule has 6 nitrogen and oxygen atoms in total. The van der Waals surface area contributed by atoms with Crippen molar-refractivity contribution in [3.8, 4) is 0 Å². The minimum absolute atomic E-state index is 0.0409. The molecule has 2 fully saturated rings. The lowest BCUT2D eigenvalue weighted by molar-refractivity contribution is -0.116. The van der Waals surface area contributed by atoms with Gasteiger partial charge in [-0.05, 0) is 62.3 Å². The van der Waals surface area contributed by atoms with E-state index in [1.54, 1.807) is 21.3 Å². The van der Waals surface area contributed by atoms with Gasteiger partial charge in [0.2, 0.25) is 15.9 Å². The van der Waals surface area contributed by atoms with Crippen LogP contribution >= 0.6 is 0 Å². The monoisotopic (exact) mass is 377 g/mol. The van der Waals surface area contributed by atoms with Gasteiger partial charge in [-0.25, -0.2) is 8.42 Å². The third kappa shape index (κ3) is 3.52. The Morgan fingerprint density at radius 3 is 2.54 bits per heavy atom. The van der Waals surface area contributed by atoms with Crippen molar-refractivity contribution in [2.24, 2.45) is 5.92 Å². The normalized spacial score (nSPS) is 21.8. The SMILES string of the molecule is CC(=O)N1CCc2ccc(S(=O)(=O)N3CCC(NCC4CC4)CC3)cc21. The van der Waals surface area contributed by atoms with E-state index in [1.165, 1.54) is 19.8 Å². The molecule has 1 aliphatic carbocycles. The fourth-order valence-electron chi connectivity index (χ4n) is 3.95. The Morgan fingerprint density at radius 1 is 1.15 bits per heavy atom. The van der Waals surface area contributed by atoms with E-state index in [1.807, 2.05) is 6.07 Å². The minimum Gasteiger partial charge on any atom is -0.314 e. The Morgan fingerprint density at radius 2 is 1.88 bits per heavy atom. The molecule has 142 valence electrons. The molecule has 0 bridgehead atoms. The minimum atomic E-state index is -3.51. The summed E-state index contributed by atoms with van der Waals surface area (Å²) in [4.78, 5) is 13.7. The van der Waals surface area contributed by atoms with Gasteiger partial charge in [0.1, 0.15) is 0 Å². The van der Waals surface area contributed by atoms with Gasteiger partial charge in [-0.15, -0.1) is 0 Å². The molecule has 1 N–H and O–H groups in total. The lowest BCUT2D eigenvalue weighted by atomic mass is 10.1. The van der Waals surface area contributed by atoms with Crippen LogP contribution in [-0.2, 0) is 21.2 Å². The number of anilines is 1. The smallest absolute Gasteiger partial charge is 0.243 e. The first kappa shape index (κ1) is 17.9. The van der Waals surface area contributed by atoms with Crippen LogP contribution in [-0.4, -0.2) is 50.9 Å². The van der Waals surface area contributed by atoms with Crippen LogP contribution in [0.25, 0.3) is 0 Å². The molecule has 1 aromatic carbocycles. The van der Waals surface area contributed by atoms with Crippen molar-refractivity contribution in [1.82, 2.24) is 9.62 Å². The first-order chi connectivity index (χ1) is 12.4. The average Bonchev–Trinajstić information content (AvgIpc) is 3.36. The van der Waals surface area contributed by atoms with Gasteiger partial charge in [0, 0.05) is 38.3 Å². The summed E-state index contributed by atoms with van der Waals surface area (Å²) in [7, 11) is -3.51. The second kappa shape index (κ2) is 6.94. The highest BCUT2D eigenvalue weighted by Crippen LogP contribution is 2.32. The number of benzene rings is 1. The number of hydrogen-bond donors (Lipinski definition) is 1. The topological polar surface area (TPSA) is 69.7 Å². The van der Waals surface area contributed by atoms with Crippen LogP contribution in [0, 0.1) is 5.92 Å². The van der Waals surface area contributed by atoms with E-state index in [0.29, 0.717) is 30.6 Å². The van der Waals surface area contributed by atoms with Crippen LogP contribution in [0.4, 0.5) is 5.69 Å². The molecular weight excluding hydrogens is 350 g/mol. The highest BCUT2D eigenvalue weighted by atomic mass is 32.2. The van der Waals surface area contributed by atoms with E-state index in [4.69, 9.17) is 0 Å². The quantitative estimate of drug-likeness (QED) is 0.849. The second-order valence-corrected chi connectivity index (χ2v) is 9.68. The highest BCUT2D eigenvalue weighted by Gasteiger charge is 2.32. The van der Waals surface area contributed by atoms with E-state index in [9.17, 15) is 13.2 Å². The van der Waals surface area contributed by atoms with Crippen molar-refractivity contribution in [1.29, 1.82) is 0 Å². The Kier molecular flexibility index (Phi) is 4.79. The molecule has 1 saturated heterocycles. The third-order valence-corrected chi connectivity index (χ3v) is 7.71. The maximum absolute atomic E-state index is 13.0. The fourth-order valence-corrected chi connectivity index (χ4v) is 5.44. The summed E-state index contributed by atoms with van der Waals surface area (Å²) < 4.78 is 27.7. The first-order valence-electron chi connectivity index (χ1n) is 9.60. The molecule has 0 unspecified atom stereocenters. The highest BCUT2D eigenvalue weighted by molar-refractivity contribution is 7.89. The first-order valence-corrected chi connectivity index (χ1v) is 11.0. The number of piperidine rings is 1. The Hall–Kier alpha value is -1.44. The van der Waals surface area contributed by atoms with Crippen molar-refractivity contribution in [3.05, 3.63) is 23.8 Å². The number of nitrogens with one attached hydrogen (secondary N) is 1. The van der Waals surface area contributed by atoms with E-state index in [2.05, 4.69) is 5.32 Å². The van der Waals surface area contributed by atoms with Crippen molar-refractivity contribution in [3.63, 3.8) is 0 Å². The summed E-state index contributed by atoms with van der Waals surface area (Å²) in [6, 6.07) is 5.65. The molecular formula is C19H27N3O3S. The zero-order chi connectivity index (χ0) is 18.3.